The first kappa shape index (κ1) is 14.2. The summed E-state index contributed by atoms with van der Waals surface area (Å²) in [5, 5.41) is 3.59. The summed E-state index contributed by atoms with van der Waals surface area (Å²) in [6, 6.07) is 7.04. The molecular weight excluding hydrogens is 236 g/mol. The monoisotopic (exact) mass is 262 g/mol. The number of methoxy groups -OCH3 is 1. The van der Waals surface area contributed by atoms with Crippen molar-refractivity contribution in [1.82, 2.24) is 5.32 Å². The van der Waals surface area contributed by atoms with Gasteiger partial charge in [0.1, 0.15) is 5.75 Å². The first-order valence-corrected chi connectivity index (χ1v) is 7.28. The molecule has 0 saturated carbocycles. The van der Waals surface area contributed by atoms with Gasteiger partial charge in [0.05, 0.1) is 7.11 Å². The Labute approximate surface area is 116 Å². The van der Waals surface area contributed by atoms with Crippen molar-refractivity contribution in [3.63, 3.8) is 0 Å². The summed E-state index contributed by atoms with van der Waals surface area (Å²) in [6.07, 6.45) is 1.22. The van der Waals surface area contributed by atoms with Crippen LogP contribution in [-0.2, 0) is 0 Å². The molecule has 1 aromatic rings. The average Bonchev–Trinajstić information content (AvgIpc) is 2.41. The van der Waals surface area contributed by atoms with E-state index in [0.717, 1.165) is 25.4 Å². The number of nitrogens with zero attached hydrogens (tertiary/aromatic N) is 1. The molecule has 1 heterocycles. The SMILES string of the molecule is CCNC1CCN(c2ccc(OC)cc2C)CC1C. The zero-order valence-corrected chi connectivity index (χ0v) is 12.6. The Morgan fingerprint density at radius 1 is 1.42 bits per heavy atom. The first-order valence-electron chi connectivity index (χ1n) is 7.28. The van der Waals surface area contributed by atoms with Gasteiger partial charge in [-0.25, -0.2) is 0 Å². The lowest BCUT2D eigenvalue weighted by Crippen LogP contribution is -2.48. The van der Waals surface area contributed by atoms with E-state index in [4.69, 9.17) is 4.74 Å². The van der Waals surface area contributed by atoms with E-state index in [2.05, 4.69) is 49.2 Å². The van der Waals surface area contributed by atoms with Crippen LogP contribution in [0.5, 0.6) is 5.75 Å². The maximum absolute atomic E-state index is 5.28. The fourth-order valence-corrected chi connectivity index (χ4v) is 3.04. The van der Waals surface area contributed by atoms with Gasteiger partial charge in [-0.05, 0) is 49.6 Å². The van der Waals surface area contributed by atoms with Gasteiger partial charge in [0, 0.05) is 24.8 Å². The van der Waals surface area contributed by atoms with Gasteiger partial charge < -0.3 is 15.0 Å². The van der Waals surface area contributed by atoms with Crippen molar-refractivity contribution in [2.75, 3.05) is 31.6 Å². The summed E-state index contributed by atoms with van der Waals surface area (Å²) in [5.74, 6) is 1.63. The lowest BCUT2D eigenvalue weighted by atomic mass is 9.93. The fraction of sp³-hybridized carbons (Fsp3) is 0.625. The Morgan fingerprint density at radius 3 is 2.79 bits per heavy atom. The number of ether oxygens (including phenoxy) is 1. The second-order valence-corrected chi connectivity index (χ2v) is 5.53. The van der Waals surface area contributed by atoms with Crippen molar-refractivity contribution >= 4 is 5.69 Å². The second kappa shape index (κ2) is 6.29. The zero-order chi connectivity index (χ0) is 13.8. The summed E-state index contributed by atoms with van der Waals surface area (Å²) in [7, 11) is 1.72. The molecule has 0 aromatic heterocycles. The van der Waals surface area contributed by atoms with Crippen molar-refractivity contribution in [1.29, 1.82) is 0 Å². The van der Waals surface area contributed by atoms with Gasteiger partial charge in [-0.2, -0.15) is 0 Å². The molecule has 0 radical (unpaired) electrons. The van der Waals surface area contributed by atoms with Gasteiger partial charge in [-0.3, -0.25) is 0 Å². The lowest BCUT2D eigenvalue weighted by molar-refractivity contribution is 0.326. The van der Waals surface area contributed by atoms with Gasteiger partial charge >= 0.3 is 0 Å². The van der Waals surface area contributed by atoms with Crippen molar-refractivity contribution in [2.45, 2.75) is 33.2 Å². The van der Waals surface area contributed by atoms with E-state index in [1.165, 1.54) is 17.7 Å². The number of nitrogens with one attached hydrogen (secondary N) is 1. The summed E-state index contributed by atoms with van der Waals surface area (Å²) in [5.41, 5.74) is 2.65. The van der Waals surface area contributed by atoms with E-state index in [9.17, 15) is 0 Å². The van der Waals surface area contributed by atoms with Crippen LogP contribution in [0, 0.1) is 12.8 Å². The van der Waals surface area contributed by atoms with Gasteiger partial charge in [-0.1, -0.05) is 13.8 Å². The maximum Gasteiger partial charge on any atom is 0.119 e. The molecular formula is C16H26N2O. The van der Waals surface area contributed by atoms with Crippen LogP contribution in [0.25, 0.3) is 0 Å². The third-order valence-corrected chi connectivity index (χ3v) is 4.12. The van der Waals surface area contributed by atoms with Gasteiger partial charge in [-0.15, -0.1) is 0 Å². The fourth-order valence-electron chi connectivity index (χ4n) is 3.04. The van der Waals surface area contributed by atoms with Crippen LogP contribution in [0.2, 0.25) is 0 Å². The number of benzene rings is 1. The molecule has 1 fully saturated rings. The first-order chi connectivity index (χ1) is 9.15. The molecule has 0 spiro atoms. The van der Waals surface area contributed by atoms with Crippen LogP contribution in [0.4, 0.5) is 5.69 Å². The van der Waals surface area contributed by atoms with Crippen molar-refractivity contribution < 1.29 is 4.74 Å². The third-order valence-electron chi connectivity index (χ3n) is 4.12. The molecule has 2 rings (SSSR count). The second-order valence-electron chi connectivity index (χ2n) is 5.53. The largest absolute Gasteiger partial charge is 0.497 e. The normalized spacial score (nSPS) is 23.5. The van der Waals surface area contributed by atoms with E-state index in [-0.39, 0.29) is 0 Å². The van der Waals surface area contributed by atoms with Crippen LogP contribution in [0.3, 0.4) is 0 Å². The third kappa shape index (κ3) is 3.21. The maximum atomic E-state index is 5.28. The molecule has 3 nitrogen and oxygen atoms in total. The highest BCUT2D eigenvalue weighted by Gasteiger charge is 2.26. The van der Waals surface area contributed by atoms with Crippen LogP contribution in [0.1, 0.15) is 25.8 Å². The van der Waals surface area contributed by atoms with Crippen LogP contribution >= 0.6 is 0 Å². The Hall–Kier alpha value is -1.22. The molecule has 106 valence electrons. The summed E-state index contributed by atoms with van der Waals surface area (Å²) in [4.78, 5) is 2.51. The molecule has 1 N–H and O–H groups in total. The van der Waals surface area contributed by atoms with Crippen molar-refractivity contribution in [3.8, 4) is 5.75 Å². The lowest BCUT2D eigenvalue weighted by Gasteiger charge is -2.39. The Bertz CT molecular complexity index is 419. The number of aryl methyl sites for hydroxylation is 1. The minimum absolute atomic E-state index is 0.666. The van der Waals surface area contributed by atoms with E-state index in [1.54, 1.807) is 7.11 Å². The smallest absolute Gasteiger partial charge is 0.119 e. The number of hydrogen-bond acceptors (Lipinski definition) is 3. The van der Waals surface area contributed by atoms with Gasteiger partial charge in [0.2, 0.25) is 0 Å². The molecule has 1 aliphatic rings. The van der Waals surface area contributed by atoms with E-state index in [0.29, 0.717) is 12.0 Å². The molecule has 3 heteroatoms. The number of hydrogen-bond donors (Lipinski definition) is 1. The standard InChI is InChI=1S/C16H26N2O/c1-5-17-15-8-9-18(11-13(15)3)16-7-6-14(19-4)10-12(16)2/h6-7,10,13,15,17H,5,8-9,11H2,1-4H3. The highest BCUT2D eigenvalue weighted by Crippen LogP contribution is 2.28. The predicted molar refractivity (Wildman–Crippen MR) is 81.2 cm³/mol. The van der Waals surface area contributed by atoms with Gasteiger partial charge in [0.25, 0.3) is 0 Å². The van der Waals surface area contributed by atoms with Crippen LogP contribution < -0.4 is 15.0 Å². The van der Waals surface area contributed by atoms with E-state index < -0.39 is 0 Å². The summed E-state index contributed by atoms with van der Waals surface area (Å²) >= 11 is 0. The molecule has 1 aromatic carbocycles. The number of piperidine rings is 1. The highest BCUT2D eigenvalue weighted by molar-refractivity contribution is 5.56. The predicted octanol–water partition coefficient (Wildman–Crippen LogP) is 2.83. The Balaban J connectivity index is 2.08. The Kier molecular flexibility index (Phi) is 4.70. The zero-order valence-electron chi connectivity index (χ0n) is 12.6. The minimum Gasteiger partial charge on any atom is -0.497 e. The van der Waals surface area contributed by atoms with E-state index >= 15 is 0 Å². The Morgan fingerprint density at radius 2 is 2.21 bits per heavy atom. The molecule has 1 aliphatic heterocycles. The topological polar surface area (TPSA) is 24.5 Å². The quantitative estimate of drug-likeness (QED) is 0.903. The molecule has 19 heavy (non-hydrogen) atoms. The van der Waals surface area contributed by atoms with Crippen LogP contribution in [0.15, 0.2) is 18.2 Å². The number of anilines is 1. The average molecular weight is 262 g/mol. The highest BCUT2D eigenvalue weighted by atomic mass is 16.5. The van der Waals surface area contributed by atoms with Crippen molar-refractivity contribution in [2.24, 2.45) is 5.92 Å². The molecule has 2 atom stereocenters. The molecule has 1 saturated heterocycles. The minimum atomic E-state index is 0.666. The molecule has 0 bridgehead atoms. The molecule has 0 aliphatic carbocycles. The molecule has 0 amide bonds. The van der Waals surface area contributed by atoms with Crippen molar-refractivity contribution in [3.05, 3.63) is 23.8 Å². The van der Waals surface area contributed by atoms with Crippen LogP contribution in [-0.4, -0.2) is 32.8 Å². The molecule has 2 unspecified atom stereocenters. The summed E-state index contributed by atoms with van der Waals surface area (Å²) in [6.45, 7) is 10.0. The van der Waals surface area contributed by atoms with E-state index in [1.807, 2.05) is 0 Å². The number of rotatable bonds is 4. The summed E-state index contributed by atoms with van der Waals surface area (Å²) < 4.78 is 5.28. The van der Waals surface area contributed by atoms with Gasteiger partial charge in [0.15, 0.2) is 0 Å².